The average molecular weight is 442 g/mol. The van der Waals surface area contributed by atoms with Crippen molar-refractivity contribution in [3.63, 3.8) is 0 Å². The molecular formula is C20H24F2N2O5S. The molecule has 0 radical (unpaired) electrons. The molecule has 0 aliphatic rings. The number of nitrogens with one attached hydrogen (secondary N) is 1. The summed E-state index contributed by atoms with van der Waals surface area (Å²) in [5.74, 6) is -1.63. The van der Waals surface area contributed by atoms with E-state index in [9.17, 15) is 22.0 Å². The van der Waals surface area contributed by atoms with Crippen molar-refractivity contribution in [2.24, 2.45) is 0 Å². The zero-order chi connectivity index (χ0) is 22.5. The summed E-state index contributed by atoms with van der Waals surface area (Å²) < 4.78 is 60.8. The lowest BCUT2D eigenvalue weighted by Gasteiger charge is -2.27. The first kappa shape index (κ1) is 23.4. The van der Waals surface area contributed by atoms with Gasteiger partial charge in [-0.15, -0.1) is 0 Å². The predicted octanol–water partition coefficient (Wildman–Crippen LogP) is 4.14. The molecule has 0 aliphatic carbocycles. The number of ether oxygens (including phenoxy) is 1. The number of benzene rings is 2. The second kappa shape index (κ2) is 9.75. The van der Waals surface area contributed by atoms with Crippen LogP contribution in [0.4, 0.5) is 19.3 Å². The lowest BCUT2D eigenvalue weighted by atomic mass is 10.1. The van der Waals surface area contributed by atoms with Gasteiger partial charge < -0.3 is 19.1 Å². The molecule has 2 rings (SSSR count). The van der Waals surface area contributed by atoms with Gasteiger partial charge in [0.2, 0.25) is 0 Å². The van der Waals surface area contributed by atoms with Gasteiger partial charge in [-0.25, -0.2) is 13.6 Å². The van der Waals surface area contributed by atoms with Crippen molar-refractivity contribution < 1.29 is 30.9 Å². The van der Waals surface area contributed by atoms with Crippen LogP contribution >= 0.6 is 0 Å². The predicted molar refractivity (Wildman–Crippen MR) is 109 cm³/mol. The lowest BCUT2D eigenvalue weighted by Crippen LogP contribution is -2.39. The average Bonchev–Trinajstić information content (AvgIpc) is 2.68. The zero-order valence-corrected chi connectivity index (χ0v) is 17.9. The van der Waals surface area contributed by atoms with Gasteiger partial charge in [0, 0.05) is 18.7 Å². The molecule has 2 aromatic rings. The third kappa shape index (κ3) is 6.06. The molecule has 0 fully saturated rings. The highest BCUT2D eigenvalue weighted by atomic mass is 32.2. The van der Waals surface area contributed by atoms with E-state index in [0.29, 0.717) is 11.6 Å². The summed E-state index contributed by atoms with van der Waals surface area (Å²) in [4.78, 5) is 14.1. The minimum atomic E-state index is -3.78. The number of nitrogens with zero attached hydrogens (tertiary/aromatic N) is 1. The monoisotopic (exact) mass is 442 g/mol. The first-order valence-corrected chi connectivity index (χ1v) is 10.8. The number of hydrogen-bond acceptors (Lipinski definition) is 5. The number of anilines is 1. The van der Waals surface area contributed by atoms with Crippen LogP contribution in [0.3, 0.4) is 0 Å². The highest BCUT2D eigenvalue weighted by molar-refractivity contribution is 7.87. The van der Waals surface area contributed by atoms with Crippen molar-refractivity contribution in [1.82, 2.24) is 4.90 Å². The Labute approximate surface area is 174 Å². The number of carbonyl (C=O) groups is 1. The fourth-order valence-corrected chi connectivity index (χ4v) is 3.07. The summed E-state index contributed by atoms with van der Waals surface area (Å²) in [5.41, 5.74) is 0.417. The van der Waals surface area contributed by atoms with Crippen LogP contribution in [0, 0.1) is 11.6 Å². The Morgan fingerprint density at radius 2 is 1.83 bits per heavy atom. The quantitative estimate of drug-likeness (QED) is 0.621. The summed E-state index contributed by atoms with van der Waals surface area (Å²) in [6.07, 6.45) is 0. The maximum absolute atomic E-state index is 13.9. The SMILES string of the molecule is CCS(=O)(=O)Oc1cc(CN(C(=O)Nc2ccc(F)cc2F)C(C)C)ccc1OC. The van der Waals surface area contributed by atoms with Crippen molar-refractivity contribution in [1.29, 1.82) is 0 Å². The minimum absolute atomic E-state index is 0.00513. The minimum Gasteiger partial charge on any atom is -0.493 e. The van der Waals surface area contributed by atoms with Gasteiger partial charge in [0.1, 0.15) is 11.6 Å². The number of urea groups is 1. The molecule has 0 unspecified atom stereocenters. The molecule has 0 saturated heterocycles. The molecule has 2 amide bonds. The largest absolute Gasteiger partial charge is 0.493 e. The van der Waals surface area contributed by atoms with Crippen LogP contribution in [0.1, 0.15) is 26.3 Å². The van der Waals surface area contributed by atoms with Crippen molar-refractivity contribution in [3.05, 3.63) is 53.6 Å². The number of rotatable bonds is 8. The molecule has 10 heteroatoms. The molecule has 0 spiro atoms. The van der Waals surface area contributed by atoms with Gasteiger partial charge in [-0.05, 0) is 50.6 Å². The van der Waals surface area contributed by atoms with Crippen LogP contribution in [-0.4, -0.2) is 38.3 Å². The second-order valence-corrected chi connectivity index (χ2v) is 8.55. The third-order valence-corrected chi connectivity index (χ3v) is 5.35. The number of methoxy groups -OCH3 is 1. The number of carbonyl (C=O) groups excluding carboxylic acids is 1. The van der Waals surface area contributed by atoms with E-state index in [0.717, 1.165) is 12.1 Å². The summed E-state index contributed by atoms with van der Waals surface area (Å²) in [6, 6.07) is 6.63. The van der Waals surface area contributed by atoms with E-state index in [1.807, 2.05) is 0 Å². The zero-order valence-electron chi connectivity index (χ0n) is 17.1. The first-order valence-electron chi connectivity index (χ1n) is 9.18. The van der Waals surface area contributed by atoms with Gasteiger partial charge in [0.25, 0.3) is 0 Å². The topological polar surface area (TPSA) is 84.9 Å². The van der Waals surface area contributed by atoms with Gasteiger partial charge in [0.15, 0.2) is 11.5 Å². The first-order chi connectivity index (χ1) is 14.1. The van der Waals surface area contributed by atoms with E-state index >= 15 is 0 Å². The van der Waals surface area contributed by atoms with Crippen molar-refractivity contribution in [3.8, 4) is 11.5 Å². The molecule has 0 saturated carbocycles. The summed E-state index contributed by atoms with van der Waals surface area (Å²) in [7, 11) is -2.40. The van der Waals surface area contributed by atoms with Gasteiger partial charge in [0.05, 0.1) is 18.6 Å². The fourth-order valence-electron chi connectivity index (χ4n) is 2.54. The Morgan fingerprint density at radius 3 is 2.40 bits per heavy atom. The molecule has 30 heavy (non-hydrogen) atoms. The molecule has 0 aromatic heterocycles. The molecule has 164 valence electrons. The van der Waals surface area contributed by atoms with E-state index in [2.05, 4.69) is 5.32 Å². The molecule has 0 atom stereocenters. The Morgan fingerprint density at radius 1 is 1.13 bits per heavy atom. The number of halogens is 2. The van der Waals surface area contributed by atoms with E-state index in [-0.39, 0.29) is 35.5 Å². The van der Waals surface area contributed by atoms with Crippen LogP contribution < -0.4 is 14.2 Å². The van der Waals surface area contributed by atoms with Gasteiger partial charge in [-0.3, -0.25) is 0 Å². The molecule has 0 heterocycles. The maximum Gasteiger partial charge on any atom is 0.322 e. The molecule has 7 nitrogen and oxygen atoms in total. The van der Waals surface area contributed by atoms with E-state index in [4.69, 9.17) is 8.92 Å². The smallest absolute Gasteiger partial charge is 0.322 e. The molecule has 1 N–H and O–H groups in total. The van der Waals surface area contributed by atoms with Gasteiger partial charge in [-0.2, -0.15) is 8.42 Å². The summed E-state index contributed by atoms with van der Waals surface area (Å²) in [5, 5.41) is 2.42. The van der Waals surface area contributed by atoms with Crippen molar-refractivity contribution in [2.75, 3.05) is 18.2 Å². The van der Waals surface area contributed by atoms with Gasteiger partial charge in [-0.1, -0.05) is 6.07 Å². The Bertz CT molecular complexity index is 1010. The van der Waals surface area contributed by atoms with Crippen LogP contribution in [-0.2, 0) is 16.7 Å². The standard InChI is InChI=1S/C20H24F2N2O5S/c1-5-30(26,27)29-19-10-14(6-9-18(19)28-4)12-24(13(2)3)20(25)23-17-8-7-15(21)11-16(17)22/h6-11,13H,5,12H2,1-4H3,(H,23,25). The van der Waals surface area contributed by atoms with Crippen molar-refractivity contribution in [2.45, 2.75) is 33.4 Å². The van der Waals surface area contributed by atoms with Crippen LogP contribution in [0.15, 0.2) is 36.4 Å². The second-order valence-electron chi connectivity index (χ2n) is 6.69. The summed E-state index contributed by atoms with van der Waals surface area (Å²) in [6.45, 7) is 5.07. The van der Waals surface area contributed by atoms with Crippen LogP contribution in [0.5, 0.6) is 11.5 Å². The fraction of sp³-hybridized carbons (Fsp3) is 0.350. The highest BCUT2D eigenvalue weighted by Gasteiger charge is 2.21. The number of amides is 2. The molecule has 0 bridgehead atoms. The van der Waals surface area contributed by atoms with E-state index in [1.165, 1.54) is 31.1 Å². The Hall–Kier alpha value is -2.88. The van der Waals surface area contributed by atoms with Crippen molar-refractivity contribution >= 4 is 21.8 Å². The van der Waals surface area contributed by atoms with Crippen LogP contribution in [0.2, 0.25) is 0 Å². The maximum atomic E-state index is 13.9. The lowest BCUT2D eigenvalue weighted by molar-refractivity contribution is 0.193. The third-order valence-electron chi connectivity index (χ3n) is 4.21. The van der Waals surface area contributed by atoms with Gasteiger partial charge >= 0.3 is 16.1 Å². The van der Waals surface area contributed by atoms with Crippen LogP contribution in [0.25, 0.3) is 0 Å². The highest BCUT2D eigenvalue weighted by Crippen LogP contribution is 2.30. The molecule has 0 aliphatic heterocycles. The van der Waals surface area contributed by atoms with E-state index in [1.54, 1.807) is 19.9 Å². The Balaban J connectivity index is 2.26. The Kier molecular flexibility index (Phi) is 7.60. The molecular weight excluding hydrogens is 418 g/mol. The molecule has 2 aromatic carbocycles. The normalized spacial score (nSPS) is 11.3. The number of hydrogen-bond donors (Lipinski definition) is 1. The van der Waals surface area contributed by atoms with E-state index < -0.39 is 27.8 Å². The summed E-state index contributed by atoms with van der Waals surface area (Å²) >= 11 is 0.